The summed E-state index contributed by atoms with van der Waals surface area (Å²) in [5, 5.41) is 1.27. The average molecular weight is 232 g/mol. The SMILES string of the molecule is CC(C)[C@@](C)(N)c1c(Cl)cccc1Cl. The Labute approximate surface area is 95.2 Å². The number of benzene rings is 1. The Morgan fingerprint density at radius 3 is 2.00 bits per heavy atom. The minimum Gasteiger partial charge on any atom is -0.321 e. The summed E-state index contributed by atoms with van der Waals surface area (Å²) in [6, 6.07) is 5.46. The smallest absolute Gasteiger partial charge is 0.0471 e. The Balaban J connectivity index is 3.31. The maximum Gasteiger partial charge on any atom is 0.0471 e. The van der Waals surface area contributed by atoms with Gasteiger partial charge in [0.15, 0.2) is 0 Å². The molecule has 0 heterocycles. The standard InChI is InChI=1S/C11H15Cl2N/c1-7(2)11(3,14)10-8(12)5-4-6-9(10)13/h4-7H,14H2,1-3H3/t11-/m1/s1. The lowest BCUT2D eigenvalue weighted by atomic mass is 9.82. The molecule has 0 unspecified atom stereocenters. The zero-order valence-electron chi connectivity index (χ0n) is 8.64. The lowest BCUT2D eigenvalue weighted by Crippen LogP contribution is -2.39. The van der Waals surface area contributed by atoms with Crippen LogP contribution in [0.5, 0.6) is 0 Å². The fraction of sp³-hybridized carbons (Fsp3) is 0.455. The summed E-state index contributed by atoms with van der Waals surface area (Å²) < 4.78 is 0. The van der Waals surface area contributed by atoms with Gasteiger partial charge in [0.2, 0.25) is 0 Å². The molecule has 0 aliphatic carbocycles. The third kappa shape index (κ3) is 2.05. The molecule has 2 N–H and O–H groups in total. The molecule has 0 bridgehead atoms. The van der Waals surface area contributed by atoms with Gasteiger partial charge in [0.1, 0.15) is 0 Å². The van der Waals surface area contributed by atoms with E-state index in [1.807, 2.05) is 25.1 Å². The number of nitrogens with two attached hydrogens (primary N) is 1. The molecule has 0 aliphatic heterocycles. The fourth-order valence-corrected chi connectivity index (χ4v) is 2.11. The summed E-state index contributed by atoms with van der Waals surface area (Å²) in [4.78, 5) is 0. The van der Waals surface area contributed by atoms with Crippen LogP contribution >= 0.6 is 23.2 Å². The normalized spacial score (nSPS) is 15.6. The third-order valence-corrected chi connectivity index (χ3v) is 3.33. The van der Waals surface area contributed by atoms with Gasteiger partial charge in [-0.25, -0.2) is 0 Å². The second kappa shape index (κ2) is 4.09. The molecule has 1 aromatic rings. The van der Waals surface area contributed by atoms with E-state index in [4.69, 9.17) is 28.9 Å². The Morgan fingerprint density at radius 1 is 1.21 bits per heavy atom. The highest BCUT2D eigenvalue weighted by molar-refractivity contribution is 6.36. The Morgan fingerprint density at radius 2 is 1.64 bits per heavy atom. The second-order valence-electron chi connectivity index (χ2n) is 4.03. The van der Waals surface area contributed by atoms with Crippen molar-refractivity contribution < 1.29 is 0 Å². The van der Waals surface area contributed by atoms with Gasteiger partial charge in [-0.3, -0.25) is 0 Å². The van der Waals surface area contributed by atoms with E-state index in [-0.39, 0.29) is 5.92 Å². The van der Waals surface area contributed by atoms with Crippen LogP contribution in [0.1, 0.15) is 26.3 Å². The van der Waals surface area contributed by atoms with Crippen LogP contribution in [0.15, 0.2) is 18.2 Å². The van der Waals surface area contributed by atoms with Crippen LogP contribution in [0, 0.1) is 5.92 Å². The second-order valence-corrected chi connectivity index (χ2v) is 4.85. The Hall–Kier alpha value is -0.240. The van der Waals surface area contributed by atoms with Gasteiger partial charge in [-0.15, -0.1) is 0 Å². The van der Waals surface area contributed by atoms with Gasteiger partial charge < -0.3 is 5.73 Å². The van der Waals surface area contributed by atoms with Gasteiger partial charge in [0, 0.05) is 21.1 Å². The molecule has 0 spiro atoms. The molecule has 0 fully saturated rings. The van der Waals surface area contributed by atoms with Gasteiger partial charge in [0.05, 0.1) is 0 Å². The van der Waals surface area contributed by atoms with Crippen LogP contribution in [-0.2, 0) is 5.54 Å². The molecule has 0 saturated carbocycles. The largest absolute Gasteiger partial charge is 0.321 e. The molecule has 0 radical (unpaired) electrons. The van der Waals surface area contributed by atoms with E-state index in [9.17, 15) is 0 Å². The lowest BCUT2D eigenvalue weighted by Gasteiger charge is -2.31. The maximum absolute atomic E-state index is 6.21. The highest BCUT2D eigenvalue weighted by atomic mass is 35.5. The summed E-state index contributed by atoms with van der Waals surface area (Å²) in [5.74, 6) is 0.278. The van der Waals surface area contributed by atoms with E-state index in [1.165, 1.54) is 0 Å². The molecule has 0 aromatic heterocycles. The highest BCUT2D eigenvalue weighted by Gasteiger charge is 2.29. The third-order valence-electron chi connectivity index (χ3n) is 2.70. The molecule has 0 aliphatic rings. The van der Waals surface area contributed by atoms with Crippen LogP contribution in [-0.4, -0.2) is 0 Å². The lowest BCUT2D eigenvalue weighted by molar-refractivity contribution is 0.351. The molecule has 1 nitrogen and oxygen atoms in total. The van der Waals surface area contributed by atoms with Crippen molar-refractivity contribution in [3.05, 3.63) is 33.8 Å². The van der Waals surface area contributed by atoms with Crippen LogP contribution < -0.4 is 5.73 Å². The van der Waals surface area contributed by atoms with Crippen molar-refractivity contribution in [3.8, 4) is 0 Å². The van der Waals surface area contributed by atoms with Crippen LogP contribution in [0.25, 0.3) is 0 Å². The Bertz CT molecular complexity index is 312. The van der Waals surface area contributed by atoms with Gasteiger partial charge in [-0.1, -0.05) is 43.1 Å². The van der Waals surface area contributed by atoms with E-state index in [0.717, 1.165) is 5.56 Å². The molecular weight excluding hydrogens is 217 g/mol. The average Bonchev–Trinajstić information content (AvgIpc) is 2.02. The molecular formula is C11H15Cl2N. The monoisotopic (exact) mass is 231 g/mol. The quantitative estimate of drug-likeness (QED) is 0.823. The minimum atomic E-state index is -0.491. The first-order valence-corrected chi connectivity index (χ1v) is 5.36. The van der Waals surface area contributed by atoms with E-state index in [0.29, 0.717) is 10.0 Å². The Kier molecular flexibility index (Phi) is 3.46. The molecule has 78 valence electrons. The van der Waals surface area contributed by atoms with Crippen LogP contribution in [0.4, 0.5) is 0 Å². The van der Waals surface area contributed by atoms with Crippen molar-refractivity contribution in [2.24, 2.45) is 11.7 Å². The predicted octanol–water partition coefficient (Wildman–Crippen LogP) is 3.82. The van der Waals surface area contributed by atoms with Gasteiger partial charge in [-0.05, 0) is 25.0 Å². The van der Waals surface area contributed by atoms with Gasteiger partial charge in [-0.2, -0.15) is 0 Å². The molecule has 14 heavy (non-hydrogen) atoms. The van der Waals surface area contributed by atoms with Crippen molar-refractivity contribution in [2.45, 2.75) is 26.3 Å². The van der Waals surface area contributed by atoms with Gasteiger partial charge >= 0.3 is 0 Å². The minimum absolute atomic E-state index is 0.278. The van der Waals surface area contributed by atoms with Crippen molar-refractivity contribution in [1.82, 2.24) is 0 Å². The van der Waals surface area contributed by atoms with E-state index in [2.05, 4.69) is 13.8 Å². The van der Waals surface area contributed by atoms with E-state index >= 15 is 0 Å². The van der Waals surface area contributed by atoms with Crippen molar-refractivity contribution >= 4 is 23.2 Å². The highest BCUT2D eigenvalue weighted by Crippen LogP contribution is 2.36. The number of hydrogen-bond acceptors (Lipinski definition) is 1. The summed E-state index contributed by atoms with van der Waals surface area (Å²) in [7, 11) is 0. The van der Waals surface area contributed by atoms with E-state index in [1.54, 1.807) is 0 Å². The summed E-state index contributed by atoms with van der Waals surface area (Å²) >= 11 is 12.2. The maximum atomic E-state index is 6.21. The van der Waals surface area contributed by atoms with Crippen molar-refractivity contribution in [2.75, 3.05) is 0 Å². The molecule has 1 rings (SSSR count). The van der Waals surface area contributed by atoms with E-state index < -0.39 is 5.54 Å². The molecule has 0 amide bonds. The zero-order chi connectivity index (χ0) is 10.9. The molecule has 3 heteroatoms. The summed E-state index contributed by atoms with van der Waals surface area (Å²) in [6.07, 6.45) is 0. The van der Waals surface area contributed by atoms with Crippen LogP contribution in [0.3, 0.4) is 0 Å². The first-order chi connectivity index (χ1) is 6.37. The summed E-state index contributed by atoms with van der Waals surface area (Å²) in [6.45, 7) is 6.06. The zero-order valence-corrected chi connectivity index (χ0v) is 10.2. The molecule has 1 aromatic carbocycles. The first kappa shape index (κ1) is 11.8. The number of hydrogen-bond donors (Lipinski definition) is 1. The topological polar surface area (TPSA) is 26.0 Å². The van der Waals surface area contributed by atoms with Crippen molar-refractivity contribution in [1.29, 1.82) is 0 Å². The number of halogens is 2. The summed E-state index contributed by atoms with van der Waals surface area (Å²) in [5.41, 5.74) is 6.55. The van der Waals surface area contributed by atoms with Gasteiger partial charge in [0.25, 0.3) is 0 Å². The molecule has 0 saturated heterocycles. The number of rotatable bonds is 2. The molecule has 1 atom stereocenters. The predicted molar refractivity (Wildman–Crippen MR) is 62.8 cm³/mol. The fourth-order valence-electron chi connectivity index (χ4n) is 1.30. The van der Waals surface area contributed by atoms with Crippen molar-refractivity contribution in [3.63, 3.8) is 0 Å². The first-order valence-electron chi connectivity index (χ1n) is 4.60. The van der Waals surface area contributed by atoms with Crippen LogP contribution in [0.2, 0.25) is 10.0 Å².